The molecule has 0 N–H and O–H groups in total. The van der Waals surface area contributed by atoms with Crippen LogP contribution in [0.15, 0.2) is 41.8 Å². The molecule has 0 aliphatic rings. The number of hydrogen-bond donors (Lipinski definition) is 0. The number of carbonyl (C=O) groups excluding carboxylic acids is 1. The van der Waals surface area contributed by atoms with Gasteiger partial charge in [-0.25, -0.2) is 0 Å². The van der Waals surface area contributed by atoms with Crippen LogP contribution >= 0.6 is 11.3 Å². The topological polar surface area (TPSA) is 34.9 Å². The summed E-state index contributed by atoms with van der Waals surface area (Å²) in [6, 6.07) is 11.9. The molecule has 3 nitrogen and oxygen atoms in total. The normalized spacial score (nSPS) is 11.0. The maximum Gasteiger partial charge on any atom is 0.184 e. The summed E-state index contributed by atoms with van der Waals surface area (Å²) >= 11 is 1.69. The van der Waals surface area contributed by atoms with Crippen molar-refractivity contribution in [3.63, 3.8) is 0 Å². The molecule has 0 saturated heterocycles. The Morgan fingerprint density at radius 2 is 2.11 bits per heavy atom. The summed E-state index contributed by atoms with van der Waals surface area (Å²) in [7, 11) is 1.87. The number of para-hydroxylation sites is 1. The third-order valence-electron chi connectivity index (χ3n) is 3.20. The molecule has 0 amide bonds. The molecule has 0 unspecified atom stereocenters. The smallest absolute Gasteiger partial charge is 0.184 e. The Balaban J connectivity index is 1.85. The molecule has 4 heteroatoms. The molecule has 0 aliphatic heterocycles. The fourth-order valence-corrected chi connectivity index (χ4v) is 2.94. The third-order valence-corrected chi connectivity index (χ3v) is 4.14. The van der Waals surface area contributed by atoms with E-state index in [1.165, 1.54) is 4.88 Å². The van der Waals surface area contributed by atoms with Crippen molar-refractivity contribution in [1.82, 2.24) is 9.78 Å². The highest BCUT2D eigenvalue weighted by molar-refractivity contribution is 7.09. The van der Waals surface area contributed by atoms with E-state index in [9.17, 15) is 4.79 Å². The molecule has 1 aromatic carbocycles. The quantitative estimate of drug-likeness (QED) is 0.681. The lowest BCUT2D eigenvalue weighted by molar-refractivity contribution is 0.0979. The van der Waals surface area contributed by atoms with E-state index in [4.69, 9.17) is 0 Å². The van der Waals surface area contributed by atoms with Gasteiger partial charge >= 0.3 is 0 Å². The average Bonchev–Trinajstić information content (AvgIpc) is 3.05. The number of thiophene rings is 1. The van der Waals surface area contributed by atoms with Gasteiger partial charge in [0.25, 0.3) is 0 Å². The maximum atomic E-state index is 12.3. The summed E-state index contributed by atoms with van der Waals surface area (Å²) < 4.78 is 1.77. The molecule has 0 radical (unpaired) electrons. The first-order valence-electron chi connectivity index (χ1n) is 6.23. The second kappa shape index (κ2) is 4.97. The van der Waals surface area contributed by atoms with Crippen molar-refractivity contribution >= 4 is 28.0 Å². The number of benzene rings is 1. The fraction of sp³-hybridized carbons (Fsp3) is 0.200. The molecule has 0 bridgehead atoms. The highest BCUT2D eigenvalue weighted by Gasteiger charge is 2.15. The minimum absolute atomic E-state index is 0.116. The molecule has 0 aliphatic carbocycles. The van der Waals surface area contributed by atoms with Gasteiger partial charge in [-0.2, -0.15) is 5.10 Å². The van der Waals surface area contributed by atoms with Gasteiger partial charge in [0.2, 0.25) is 0 Å². The SMILES string of the molecule is Cn1nc(C(=O)CCc2cccs2)c2ccccc21. The van der Waals surface area contributed by atoms with Crippen LogP contribution in [-0.2, 0) is 13.5 Å². The molecule has 0 fully saturated rings. The molecule has 3 aromatic rings. The van der Waals surface area contributed by atoms with Gasteiger partial charge in [0.05, 0.1) is 5.52 Å². The molecule has 19 heavy (non-hydrogen) atoms. The monoisotopic (exact) mass is 270 g/mol. The zero-order valence-electron chi connectivity index (χ0n) is 10.7. The molecular weight excluding hydrogens is 256 g/mol. The lowest BCUT2D eigenvalue weighted by atomic mass is 10.1. The number of Topliss-reactive ketones (excluding diaryl/α,β-unsaturated/α-hetero) is 1. The van der Waals surface area contributed by atoms with Crippen molar-refractivity contribution in [1.29, 1.82) is 0 Å². The van der Waals surface area contributed by atoms with Gasteiger partial charge in [-0.05, 0) is 23.9 Å². The largest absolute Gasteiger partial charge is 0.292 e. The molecule has 2 aromatic heterocycles. The number of aromatic nitrogens is 2. The van der Waals surface area contributed by atoms with Gasteiger partial charge in [-0.3, -0.25) is 9.48 Å². The van der Waals surface area contributed by atoms with Crippen molar-refractivity contribution < 1.29 is 4.79 Å². The van der Waals surface area contributed by atoms with Crippen molar-refractivity contribution in [3.8, 4) is 0 Å². The number of nitrogens with zero attached hydrogens (tertiary/aromatic N) is 2. The molecule has 0 spiro atoms. The van der Waals surface area contributed by atoms with E-state index >= 15 is 0 Å². The number of fused-ring (bicyclic) bond motifs is 1. The van der Waals surface area contributed by atoms with Crippen LogP contribution in [0, 0.1) is 0 Å². The molecule has 2 heterocycles. The summed E-state index contributed by atoms with van der Waals surface area (Å²) in [5.74, 6) is 0.116. The van der Waals surface area contributed by atoms with Crippen molar-refractivity contribution in [2.24, 2.45) is 7.05 Å². The van der Waals surface area contributed by atoms with Crippen LogP contribution in [0.2, 0.25) is 0 Å². The Hall–Kier alpha value is -1.94. The van der Waals surface area contributed by atoms with Crippen LogP contribution in [0.25, 0.3) is 10.9 Å². The Labute approximate surface area is 115 Å². The molecule has 0 atom stereocenters. The average molecular weight is 270 g/mol. The van der Waals surface area contributed by atoms with E-state index in [1.54, 1.807) is 16.0 Å². The lowest BCUT2D eigenvalue weighted by Gasteiger charge is -1.96. The summed E-state index contributed by atoms with van der Waals surface area (Å²) in [4.78, 5) is 13.5. The first-order chi connectivity index (χ1) is 9.25. The van der Waals surface area contributed by atoms with E-state index in [0.717, 1.165) is 17.3 Å². The fourth-order valence-electron chi connectivity index (χ4n) is 2.23. The Morgan fingerprint density at radius 1 is 1.26 bits per heavy atom. The lowest BCUT2D eigenvalue weighted by Crippen LogP contribution is -2.03. The molecule has 0 saturated carbocycles. The molecule has 3 rings (SSSR count). The van der Waals surface area contributed by atoms with Crippen LogP contribution in [0.5, 0.6) is 0 Å². The zero-order valence-corrected chi connectivity index (χ0v) is 11.5. The van der Waals surface area contributed by atoms with Gasteiger partial charge in [0, 0.05) is 23.7 Å². The van der Waals surface area contributed by atoms with E-state index in [0.29, 0.717) is 12.1 Å². The summed E-state index contributed by atoms with van der Waals surface area (Å²) in [6.07, 6.45) is 1.31. The number of aryl methyl sites for hydroxylation is 2. The van der Waals surface area contributed by atoms with Crippen LogP contribution in [0.4, 0.5) is 0 Å². The van der Waals surface area contributed by atoms with E-state index in [1.807, 2.05) is 42.8 Å². The van der Waals surface area contributed by atoms with Gasteiger partial charge in [-0.15, -0.1) is 11.3 Å². The maximum absolute atomic E-state index is 12.3. The first-order valence-corrected chi connectivity index (χ1v) is 7.11. The van der Waals surface area contributed by atoms with E-state index in [-0.39, 0.29) is 5.78 Å². The number of ketones is 1. The van der Waals surface area contributed by atoms with Gasteiger partial charge in [-0.1, -0.05) is 24.3 Å². The minimum Gasteiger partial charge on any atom is -0.292 e. The summed E-state index contributed by atoms with van der Waals surface area (Å²) in [5, 5.41) is 7.34. The second-order valence-corrected chi connectivity index (χ2v) is 5.52. The molecule has 96 valence electrons. The van der Waals surface area contributed by atoms with Gasteiger partial charge < -0.3 is 0 Å². The predicted molar refractivity (Wildman–Crippen MR) is 77.7 cm³/mol. The highest BCUT2D eigenvalue weighted by Crippen LogP contribution is 2.20. The number of hydrogen-bond acceptors (Lipinski definition) is 3. The van der Waals surface area contributed by atoms with Gasteiger partial charge in [0.15, 0.2) is 5.78 Å². The Morgan fingerprint density at radius 3 is 2.89 bits per heavy atom. The van der Waals surface area contributed by atoms with Crippen molar-refractivity contribution in [3.05, 3.63) is 52.3 Å². The highest BCUT2D eigenvalue weighted by atomic mass is 32.1. The number of carbonyl (C=O) groups is 1. The van der Waals surface area contributed by atoms with Crippen molar-refractivity contribution in [2.45, 2.75) is 12.8 Å². The Kier molecular flexibility index (Phi) is 3.17. The Bertz CT molecular complexity index is 713. The molecular formula is C15H14N2OS. The van der Waals surface area contributed by atoms with E-state index < -0.39 is 0 Å². The summed E-state index contributed by atoms with van der Waals surface area (Å²) in [6.45, 7) is 0. The second-order valence-electron chi connectivity index (χ2n) is 4.49. The minimum atomic E-state index is 0.116. The first kappa shape index (κ1) is 12.1. The summed E-state index contributed by atoms with van der Waals surface area (Å²) in [5.41, 5.74) is 1.59. The van der Waals surface area contributed by atoms with Crippen LogP contribution in [-0.4, -0.2) is 15.6 Å². The van der Waals surface area contributed by atoms with Crippen LogP contribution < -0.4 is 0 Å². The van der Waals surface area contributed by atoms with Crippen molar-refractivity contribution in [2.75, 3.05) is 0 Å². The third kappa shape index (κ3) is 2.31. The van der Waals surface area contributed by atoms with Gasteiger partial charge in [0.1, 0.15) is 5.69 Å². The predicted octanol–water partition coefficient (Wildman–Crippen LogP) is 3.45. The zero-order chi connectivity index (χ0) is 13.2. The van der Waals surface area contributed by atoms with E-state index in [2.05, 4.69) is 11.2 Å². The number of rotatable bonds is 4. The standard InChI is InChI=1S/C15H14N2OS/c1-17-13-7-3-2-6-12(13)15(16-17)14(18)9-8-11-5-4-10-19-11/h2-7,10H,8-9H2,1H3. The van der Waals surface area contributed by atoms with Crippen LogP contribution in [0.3, 0.4) is 0 Å². The van der Waals surface area contributed by atoms with Crippen LogP contribution in [0.1, 0.15) is 21.8 Å².